The van der Waals surface area contributed by atoms with Gasteiger partial charge < -0.3 is 0 Å². The Morgan fingerprint density at radius 3 is 2.43 bits per heavy atom. The van der Waals surface area contributed by atoms with Gasteiger partial charge in [-0.3, -0.25) is 5.43 Å². The molecule has 0 fully saturated rings. The summed E-state index contributed by atoms with van der Waals surface area (Å²) in [6.45, 7) is 0. The minimum absolute atomic E-state index is 0.00539. The number of sulfonamides is 1. The Kier molecular flexibility index (Phi) is 4.56. The highest BCUT2D eigenvalue weighted by atomic mass is 35.5. The summed E-state index contributed by atoms with van der Waals surface area (Å²) in [5.74, 6) is -0.488. The highest BCUT2D eigenvalue weighted by Crippen LogP contribution is 2.17. The molecule has 3 N–H and O–H groups in total. The lowest BCUT2D eigenvalue weighted by Gasteiger charge is -2.03. The van der Waals surface area contributed by atoms with E-state index in [1.165, 1.54) is 42.6 Å². The third kappa shape index (κ3) is 4.01. The topological polar surface area (TPSA) is 84.5 Å². The molecule has 21 heavy (non-hydrogen) atoms. The maximum absolute atomic E-state index is 13.5. The van der Waals surface area contributed by atoms with Crippen molar-refractivity contribution in [2.45, 2.75) is 4.90 Å². The first-order chi connectivity index (χ1) is 9.88. The fourth-order valence-electron chi connectivity index (χ4n) is 1.52. The molecule has 0 aliphatic heterocycles. The van der Waals surface area contributed by atoms with Crippen LogP contribution in [0.15, 0.2) is 52.5 Å². The van der Waals surface area contributed by atoms with Gasteiger partial charge in [0.05, 0.1) is 21.8 Å². The van der Waals surface area contributed by atoms with E-state index in [4.69, 9.17) is 16.7 Å². The summed E-state index contributed by atoms with van der Waals surface area (Å²) in [6, 6.07) is 9.96. The molecule has 0 aliphatic rings. The molecule has 0 atom stereocenters. The molecule has 0 heterocycles. The summed E-state index contributed by atoms with van der Waals surface area (Å²) in [4.78, 5) is -0.00539. The molecule has 0 saturated carbocycles. The SMILES string of the molecule is NS(=O)(=O)c1ccc(N/N=C\c2c(F)cccc2Cl)cc1. The molecule has 0 bridgehead atoms. The van der Waals surface area contributed by atoms with Crippen LogP contribution in [-0.2, 0) is 10.0 Å². The first-order valence-corrected chi connectivity index (χ1v) is 7.66. The number of benzene rings is 2. The Hall–Kier alpha value is -1.96. The van der Waals surface area contributed by atoms with E-state index in [1.54, 1.807) is 6.07 Å². The van der Waals surface area contributed by atoms with Crippen LogP contribution in [0, 0.1) is 5.82 Å². The van der Waals surface area contributed by atoms with Crippen LogP contribution in [0.2, 0.25) is 5.02 Å². The highest BCUT2D eigenvalue weighted by molar-refractivity contribution is 7.89. The van der Waals surface area contributed by atoms with Crippen LogP contribution in [0.5, 0.6) is 0 Å². The van der Waals surface area contributed by atoms with Crippen LogP contribution in [0.25, 0.3) is 0 Å². The van der Waals surface area contributed by atoms with E-state index in [9.17, 15) is 12.8 Å². The summed E-state index contributed by atoms with van der Waals surface area (Å²) in [5, 5.41) is 9.07. The predicted molar refractivity (Wildman–Crippen MR) is 80.4 cm³/mol. The van der Waals surface area contributed by atoms with Crippen LogP contribution in [0.1, 0.15) is 5.56 Å². The molecule has 0 unspecified atom stereocenters. The Morgan fingerprint density at radius 2 is 1.86 bits per heavy atom. The Labute approximate surface area is 126 Å². The number of hydrazone groups is 1. The van der Waals surface area contributed by atoms with Crippen molar-refractivity contribution in [1.82, 2.24) is 0 Å². The number of nitrogens with two attached hydrogens (primary N) is 1. The fourth-order valence-corrected chi connectivity index (χ4v) is 2.25. The van der Waals surface area contributed by atoms with Crippen molar-refractivity contribution in [1.29, 1.82) is 0 Å². The lowest BCUT2D eigenvalue weighted by molar-refractivity contribution is 0.598. The minimum Gasteiger partial charge on any atom is -0.279 e. The van der Waals surface area contributed by atoms with Crippen molar-refractivity contribution >= 4 is 33.5 Å². The van der Waals surface area contributed by atoms with Crippen molar-refractivity contribution in [3.63, 3.8) is 0 Å². The Morgan fingerprint density at radius 1 is 1.19 bits per heavy atom. The van der Waals surface area contributed by atoms with Gasteiger partial charge in [0.2, 0.25) is 10.0 Å². The second-order valence-corrected chi connectivity index (χ2v) is 6.04. The van der Waals surface area contributed by atoms with Crippen molar-refractivity contribution < 1.29 is 12.8 Å². The Balaban J connectivity index is 2.11. The molecule has 0 aliphatic carbocycles. The van der Waals surface area contributed by atoms with E-state index >= 15 is 0 Å². The van der Waals surface area contributed by atoms with Crippen molar-refractivity contribution in [3.8, 4) is 0 Å². The fraction of sp³-hybridized carbons (Fsp3) is 0. The minimum atomic E-state index is -3.73. The van der Waals surface area contributed by atoms with Gasteiger partial charge in [0.25, 0.3) is 0 Å². The van der Waals surface area contributed by atoms with Gasteiger partial charge >= 0.3 is 0 Å². The molecule has 0 saturated heterocycles. The van der Waals surface area contributed by atoms with E-state index in [0.29, 0.717) is 5.69 Å². The van der Waals surface area contributed by atoms with Gasteiger partial charge in [-0.25, -0.2) is 17.9 Å². The summed E-state index contributed by atoms with van der Waals surface area (Å²) in [7, 11) is -3.73. The molecule has 5 nitrogen and oxygen atoms in total. The predicted octanol–water partition coefficient (Wildman–Crippen LogP) is 2.57. The van der Waals surface area contributed by atoms with Crippen molar-refractivity contribution in [2.75, 3.05) is 5.43 Å². The molecule has 0 spiro atoms. The summed E-state index contributed by atoms with van der Waals surface area (Å²) >= 11 is 5.84. The third-order valence-corrected chi connectivity index (χ3v) is 3.83. The van der Waals surface area contributed by atoms with Gasteiger partial charge in [-0.05, 0) is 36.4 Å². The first kappa shape index (κ1) is 15.4. The molecular formula is C13H11ClFN3O2S. The standard InChI is InChI=1S/C13H11ClFN3O2S/c14-12-2-1-3-13(15)11(12)8-17-18-9-4-6-10(7-5-9)21(16,19)20/h1-8,18H,(H2,16,19,20)/b17-8-. The monoisotopic (exact) mass is 327 g/mol. The number of hydrogen-bond acceptors (Lipinski definition) is 4. The number of rotatable bonds is 4. The molecule has 2 aromatic carbocycles. The van der Waals surface area contributed by atoms with E-state index < -0.39 is 15.8 Å². The molecule has 0 amide bonds. The smallest absolute Gasteiger partial charge is 0.238 e. The zero-order chi connectivity index (χ0) is 15.5. The van der Waals surface area contributed by atoms with Crippen LogP contribution < -0.4 is 10.6 Å². The summed E-state index contributed by atoms with van der Waals surface area (Å²) in [5.41, 5.74) is 3.31. The van der Waals surface area contributed by atoms with Crippen LogP contribution in [-0.4, -0.2) is 14.6 Å². The average molecular weight is 328 g/mol. The molecule has 0 aromatic heterocycles. The average Bonchev–Trinajstić information content (AvgIpc) is 2.42. The molecule has 2 aromatic rings. The maximum Gasteiger partial charge on any atom is 0.238 e. The highest BCUT2D eigenvalue weighted by Gasteiger charge is 2.06. The molecule has 0 radical (unpaired) electrons. The zero-order valence-electron chi connectivity index (χ0n) is 10.6. The first-order valence-electron chi connectivity index (χ1n) is 5.74. The lowest BCUT2D eigenvalue weighted by atomic mass is 10.2. The lowest BCUT2D eigenvalue weighted by Crippen LogP contribution is -2.11. The molecule has 2 rings (SSSR count). The van der Waals surface area contributed by atoms with Gasteiger partial charge in [0.15, 0.2) is 0 Å². The van der Waals surface area contributed by atoms with Crippen LogP contribution in [0.4, 0.5) is 10.1 Å². The normalized spacial score (nSPS) is 11.8. The number of nitrogens with zero attached hydrogens (tertiary/aromatic N) is 1. The van der Waals surface area contributed by atoms with Gasteiger partial charge in [-0.15, -0.1) is 0 Å². The van der Waals surface area contributed by atoms with E-state index in [2.05, 4.69) is 10.5 Å². The summed E-state index contributed by atoms with van der Waals surface area (Å²) < 4.78 is 35.7. The second-order valence-electron chi connectivity index (χ2n) is 4.07. The van der Waals surface area contributed by atoms with Crippen LogP contribution >= 0.6 is 11.6 Å². The quantitative estimate of drug-likeness (QED) is 0.668. The number of primary sulfonamides is 1. The third-order valence-electron chi connectivity index (χ3n) is 2.57. The second kappa shape index (κ2) is 6.21. The maximum atomic E-state index is 13.5. The van der Waals surface area contributed by atoms with E-state index in [0.717, 1.165) is 0 Å². The van der Waals surface area contributed by atoms with Gasteiger partial charge in [0, 0.05) is 5.56 Å². The van der Waals surface area contributed by atoms with Gasteiger partial charge in [-0.2, -0.15) is 5.10 Å². The van der Waals surface area contributed by atoms with Crippen molar-refractivity contribution in [2.24, 2.45) is 10.2 Å². The van der Waals surface area contributed by atoms with Crippen molar-refractivity contribution in [3.05, 3.63) is 58.9 Å². The molecule has 8 heteroatoms. The zero-order valence-corrected chi connectivity index (χ0v) is 12.2. The number of halogens is 2. The van der Waals surface area contributed by atoms with Gasteiger partial charge in [0.1, 0.15) is 5.82 Å². The van der Waals surface area contributed by atoms with Crippen LogP contribution in [0.3, 0.4) is 0 Å². The summed E-state index contributed by atoms with van der Waals surface area (Å²) in [6.07, 6.45) is 1.24. The number of nitrogens with one attached hydrogen (secondary N) is 1. The van der Waals surface area contributed by atoms with E-state index in [1.807, 2.05) is 0 Å². The molecular weight excluding hydrogens is 317 g/mol. The number of anilines is 1. The van der Waals surface area contributed by atoms with E-state index in [-0.39, 0.29) is 15.5 Å². The number of hydrogen-bond donors (Lipinski definition) is 2. The largest absolute Gasteiger partial charge is 0.279 e. The Bertz CT molecular complexity index is 756. The van der Waals surface area contributed by atoms with Gasteiger partial charge in [-0.1, -0.05) is 17.7 Å². The molecule has 110 valence electrons.